The Morgan fingerprint density at radius 2 is 1.83 bits per heavy atom. The highest BCUT2D eigenvalue weighted by Gasteiger charge is 2.26. The third-order valence-corrected chi connectivity index (χ3v) is 4.22. The lowest BCUT2D eigenvalue weighted by Crippen LogP contribution is -2.49. The van der Waals surface area contributed by atoms with Crippen molar-refractivity contribution in [3.8, 4) is 0 Å². The molecule has 0 aliphatic carbocycles. The van der Waals surface area contributed by atoms with Crippen LogP contribution in [-0.2, 0) is 14.4 Å². The number of hydrogen-bond acceptors (Lipinski definition) is 4. The van der Waals surface area contributed by atoms with E-state index in [0.717, 1.165) is 32.2 Å². The molecular weight excluding hydrogens is 308 g/mol. The highest BCUT2D eigenvalue weighted by molar-refractivity contribution is 5.79. The molecule has 0 spiro atoms. The summed E-state index contributed by atoms with van der Waals surface area (Å²) in [5.74, 6) is 0.0213. The minimum atomic E-state index is -0.0666. The Morgan fingerprint density at radius 3 is 2.54 bits per heavy atom. The summed E-state index contributed by atoms with van der Waals surface area (Å²) in [5, 5.41) is 5.68. The summed E-state index contributed by atoms with van der Waals surface area (Å²) in [7, 11) is 0. The second kappa shape index (κ2) is 11.8. The predicted molar refractivity (Wildman–Crippen MR) is 93.2 cm³/mol. The summed E-state index contributed by atoms with van der Waals surface area (Å²) < 4.78 is 0. The van der Waals surface area contributed by atoms with Crippen LogP contribution in [0, 0.1) is 0 Å². The Kier molecular flexibility index (Phi) is 10.1. The second-order valence-corrected chi connectivity index (χ2v) is 6.28. The van der Waals surface area contributed by atoms with E-state index < -0.39 is 0 Å². The molecule has 1 heterocycles. The maximum Gasteiger partial charge on any atom is 0.222 e. The quantitative estimate of drug-likeness (QED) is 0.539. The molecule has 0 saturated carbocycles. The van der Waals surface area contributed by atoms with E-state index in [0.29, 0.717) is 45.3 Å². The number of nitrogens with two attached hydrogens (primary N) is 1. The molecular formula is C17H32N4O3. The van der Waals surface area contributed by atoms with Gasteiger partial charge >= 0.3 is 0 Å². The summed E-state index contributed by atoms with van der Waals surface area (Å²) in [6, 6.07) is 0.0573. The number of rotatable bonds is 10. The Labute approximate surface area is 144 Å². The molecule has 0 aromatic heterocycles. The lowest BCUT2D eigenvalue weighted by molar-refractivity contribution is -0.135. The normalized spacial score (nSPS) is 17.4. The molecule has 1 unspecified atom stereocenters. The van der Waals surface area contributed by atoms with Crippen molar-refractivity contribution in [1.29, 1.82) is 0 Å². The van der Waals surface area contributed by atoms with Gasteiger partial charge in [0.1, 0.15) is 0 Å². The van der Waals surface area contributed by atoms with Gasteiger partial charge in [-0.25, -0.2) is 0 Å². The maximum atomic E-state index is 12.4. The number of piperidine rings is 1. The molecule has 0 aromatic carbocycles. The molecule has 24 heavy (non-hydrogen) atoms. The fourth-order valence-corrected chi connectivity index (χ4v) is 2.89. The van der Waals surface area contributed by atoms with Gasteiger partial charge in [0.25, 0.3) is 0 Å². The Bertz CT molecular complexity index is 415. The zero-order valence-electron chi connectivity index (χ0n) is 14.8. The first-order valence-electron chi connectivity index (χ1n) is 9.11. The smallest absolute Gasteiger partial charge is 0.222 e. The van der Waals surface area contributed by atoms with Gasteiger partial charge < -0.3 is 21.3 Å². The molecule has 4 N–H and O–H groups in total. The number of carbonyl (C=O) groups excluding carboxylic acids is 3. The molecule has 0 aromatic rings. The van der Waals surface area contributed by atoms with E-state index in [9.17, 15) is 14.4 Å². The zero-order valence-corrected chi connectivity index (χ0v) is 14.8. The van der Waals surface area contributed by atoms with E-state index >= 15 is 0 Å². The number of amides is 3. The van der Waals surface area contributed by atoms with Crippen molar-refractivity contribution >= 4 is 17.7 Å². The molecule has 1 fully saturated rings. The van der Waals surface area contributed by atoms with Crippen LogP contribution < -0.4 is 16.4 Å². The lowest BCUT2D eigenvalue weighted by Gasteiger charge is -2.36. The molecule has 0 bridgehead atoms. The first-order valence-corrected chi connectivity index (χ1v) is 9.11. The number of nitrogens with one attached hydrogen (secondary N) is 2. The lowest BCUT2D eigenvalue weighted by atomic mass is 10.0. The van der Waals surface area contributed by atoms with Crippen LogP contribution in [0.15, 0.2) is 0 Å². The van der Waals surface area contributed by atoms with Gasteiger partial charge in [-0.05, 0) is 32.1 Å². The third kappa shape index (κ3) is 7.77. The zero-order chi connectivity index (χ0) is 17.8. The number of hydrogen-bond donors (Lipinski definition) is 3. The summed E-state index contributed by atoms with van der Waals surface area (Å²) in [5.41, 5.74) is 5.37. The van der Waals surface area contributed by atoms with Crippen LogP contribution in [0.5, 0.6) is 0 Å². The molecule has 1 saturated heterocycles. The predicted octanol–water partition coefficient (Wildman–Crippen LogP) is 0.529. The van der Waals surface area contributed by atoms with Gasteiger partial charge in [0.15, 0.2) is 0 Å². The first-order chi connectivity index (χ1) is 11.6. The number of likely N-dealkylation sites (tertiary alicyclic amines) is 1. The topological polar surface area (TPSA) is 105 Å². The molecule has 138 valence electrons. The fraction of sp³-hybridized carbons (Fsp3) is 0.824. The number of nitrogens with zero attached hydrogens (tertiary/aromatic N) is 1. The molecule has 3 amide bonds. The van der Waals surface area contributed by atoms with Crippen molar-refractivity contribution in [3.63, 3.8) is 0 Å². The summed E-state index contributed by atoms with van der Waals surface area (Å²) in [6.07, 6.45) is 5.53. The molecule has 7 heteroatoms. The fourth-order valence-electron chi connectivity index (χ4n) is 2.89. The minimum absolute atomic E-state index is 0.00823. The van der Waals surface area contributed by atoms with E-state index in [2.05, 4.69) is 10.6 Å². The standard InChI is InChI=1S/C17H32N4O3/c1-2-11-19-15(22)7-5-8-17(24)21-12-4-3-6-14(21)13-20-16(23)9-10-18/h14H,2-13,18H2,1H3,(H,19,22)(H,20,23). The van der Waals surface area contributed by atoms with Crippen molar-refractivity contribution in [2.24, 2.45) is 5.73 Å². The Balaban J connectivity index is 2.36. The van der Waals surface area contributed by atoms with E-state index in [4.69, 9.17) is 5.73 Å². The van der Waals surface area contributed by atoms with Crippen molar-refractivity contribution in [2.45, 2.75) is 64.3 Å². The summed E-state index contributed by atoms with van der Waals surface area (Å²) in [4.78, 5) is 37.4. The van der Waals surface area contributed by atoms with E-state index in [-0.39, 0.29) is 23.8 Å². The van der Waals surface area contributed by atoms with Crippen molar-refractivity contribution < 1.29 is 14.4 Å². The molecule has 0 radical (unpaired) electrons. The van der Waals surface area contributed by atoms with Crippen LogP contribution in [0.25, 0.3) is 0 Å². The number of carbonyl (C=O) groups is 3. The van der Waals surface area contributed by atoms with Crippen molar-refractivity contribution in [1.82, 2.24) is 15.5 Å². The Hall–Kier alpha value is -1.63. The van der Waals surface area contributed by atoms with Crippen LogP contribution in [-0.4, -0.2) is 54.8 Å². The minimum Gasteiger partial charge on any atom is -0.356 e. The van der Waals surface area contributed by atoms with E-state index in [1.807, 2.05) is 11.8 Å². The van der Waals surface area contributed by atoms with Crippen LogP contribution >= 0.6 is 0 Å². The SMILES string of the molecule is CCCNC(=O)CCCC(=O)N1CCCCC1CNC(=O)CCN. The van der Waals surface area contributed by atoms with Gasteiger partial charge in [-0.3, -0.25) is 14.4 Å². The third-order valence-electron chi connectivity index (χ3n) is 4.22. The van der Waals surface area contributed by atoms with Gasteiger partial charge in [0, 0.05) is 51.5 Å². The first kappa shape index (κ1) is 20.4. The average Bonchev–Trinajstić information content (AvgIpc) is 2.58. The summed E-state index contributed by atoms with van der Waals surface area (Å²) >= 11 is 0. The van der Waals surface area contributed by atoms with Gasteiger partial charge in [-0.2, -0.15) is 0 Å². The maximum absolute atomic E-state index is 12.4. The molecule has 7 nitrogen and oxygen atoms in total. The summed E-state index contributed by atoms with van der Waals surface area (Å²) in [6.45, 7) is 4.25. The highest BCUT2D eigenvalue weighted by atomic mass is 16.2. The highest BCUT2D eigenvalue weighted by Crippen LogP contribution is 2.18. The molecule has 1 atom stereocenters. The van der Waals surface area contributed by atoms with Gasteiger partial charge in [-0.15, -0.1) is 0 Å². The second-order valence-electron chi connectivity index (χ2n) is 6.28. The molecule has 1 aliphatic heterocycles. The van der Waals surface area contributed by atoms with Gasteiger partial charge in [0.2, 0.25) is 17.7 Å². The van der Waals surface area contributed by atoms with E-state index in [1.54, 1.807) is 0 Å². The largest absolute Gasteiger partial charge is 0.356 e. The average molecular weight is 340 g/mol. The van der Waals surface area contributed by atoms with Crippen molar-refractivity contribution in [2.75, 3.05) is 26.2 Å². The molecule has 1 aliphatic rings. The molecule has 1 rings (SSSR count). The van der Waals surface area contributed by atoms with Crippen LogP contribution in [0.1, 0.15) is 58.3 Å². The monoisotopic (exact) mass is 340 g/mol. The Morgan fingerprint density at radius 1 is 1.08 bits per heavy atom. The van der Waals surface area contributed by atoms with Crippen molar-refractivity contribution in [3.05, 3.63) is 0 Å². The van der Waals surface area contributed by atoms with Crippen LogP contribution in [0.3, 0.4) is 0 Å². The van der Waals surface area contributed by atoms with Gasteiger partial charge in [-0.1, -0.05) is 6.92 Å². The van der Waals surface area contributed by atoms with Crippen LogP contribution in [0.4, 0.5) is 0 Å². The van der Waals surface area contributed by atoms with E-state index in [1.165, 1.54) is 0 Å². The van der Waals surface area contributed by atoms with Gasteiger partial charge in [0.05, 0.1) is 0 Å². The van der Waals surface area contributed by atoms with Crippen LogP contribution in [0.2, 0.25) is 0 Å².